The first kappa shape index (κ1) is 19.9. The molecular formula is C21H22ClN3O3. The average molecular weight is 400 g/mol. The van der Waals surface area contributed by atoms with Gasteiger partial charge in [0.25, 0.3) is 5.91 Å². The fourth-order valence-electron chi connectivity index (χ4n) is 2.63. The molecule has 0 spiro atoms. The highest BCUT2D eigenvalue weighted by atomic mass is 35.5. The molecular weight excluding hydrogens is 378 g/mol. The number of nitrogens with zero attached hydrogens (tertiary/aromatic N) is 2. The van der Waals surface area contributed by atoms with E-state index in [1.165, 1.54) is 0 Å². The van der Waals surface area contributed by atoms with Gasteiger partial charge < -0.3 is 14.6 Å². The van der Waals surface area contributed by atoms with Crippen molar-refractivity contribution >= 4 is 17.5 Å². The van der Waals surface area contributed by atoms with E-state index in [1.54, 1.807) is 31.2 Å². The van der Waals surface area contributed by atoms with Crippen molar-refractivity contribution in [2.45, 2.75) is 33.4 Å². The summed E-state index contributed by atoms with van der Waals surface area (Å²) in [5, 5.41) is 7.45. The summed E-state index contributed by atoms with van der Waals surface area (Å²) in [7, 11) is 0. The van der Waals surface area contributed by atoms with Crippen LogP contribution in [0, 0.1) is 12.8 Å². The van der Waals surface area contributed by atoms with Crippen LogP contribution in [0.15, 0.2) is 53.1 Å². The van der Waals surface area contributed by atoms with Gasteiger partial charge >= 0.3 is 0 Å². The second-order valence-electron chi connectivity index (χ2n) is 6.81. The lowest BCUT2D eigenvalue weighted by atomic mass is 10.0. The second kappa shape index (κ2) is 8.89. The molecule has 1 N–H and O–H groups in total. The average Bonchev–Trinajstić information content (AvgIpc) is 3.11. The minimum atomic E-state index is -0.352. The maximum absolute atomic E-state index is 12.6. The van der Waals surface area contributed by atoms with Crippen LogP contribution in [0.1, 0.15) is 47.5 Å². The topological polar surface area (TPSA) is 77.2 Å². The Balaban J connectivity index is 1.61. The van der Waals surface area contributed by atoms with Gasteiger partial charge in [0.1, 0.15) is 18.4 Å². The normalized spacial score (nSPS) is 12.0. The Bertz CT molecular complexity index is 921. The number of hydrogen-bond acceptors (Lipinski definition) is 5. The van der Waals surface area contributed by atoms with Crippen LogP contribution in [0.25, 0.3) is 0 Å². The molecule has 3 aromatic rings. The third kappa shape index (κ3) is 5.10. The minimum absolute atomic E-state index is 0.103. The van der Waals surface area contributed by atoms with E-state index in [2.05, 4.69) is 15.5 Å². The first-order valence-electron chi connectivity index (χ1n) is 9.01. The van der Waals surface area contributed by atoms with E-state index in [-0.39, 0.29) is 17.9 Å². The van der Waals surface area contributed by atoms with E-state index in [0.717, 1.165) is 5.56 Å². The predicted molar refractivity (Wildman–Crippen MR) is 106 cm³/mol. The van der Waals surface area contributed by atoms with Crippen molar-refractivity contribution in [2.24, 2.45) is 5.92 Å². The first-order chi connectivity index (χ1) is 13.4. The summed E-state index contributed by atoms with van der Waals surface area (Å²) in [5.41, 5.74) is 1.54. The zero-order valence-corrected chi connectivity index (χ0v) is 16.7. The molecule has 0 aliphatic carbocycles. The molecule has 2 aromatic carbocycles. The van der Waals surface area contributed by atoms with Crippen molar-refractivity contribution in [3.63, 3.8) is 0 Å². The van der Waals surface area contributed by atoms with Crippen LogP contribution in [0.3, 0.4) is 0 Å². The van der Waals surface area contributed by atoms with Gasteiger partial charge in [0.15, 0.2) is 5.82 Å². The molecule has 0 aliphatic rings. The quantitative estimate of drug-likeness (QED) is 0.621. The molecule has 6 nitrogen and oxygen atoms in total. The van der Waals surface area contributed by atoms with E-state index < -0.39 is 0 Å². The molecule has 28 heavy (non-hydrogen) atoms. The molecule has 1 amide bonds. The van der Waals surface area contributed by atoms with Gasteiger partial charge in [-0.1, -0.05) is 42.7 Å². The highest BCUT2D eigenvalue weighted by Crippen LogP contribution is 2.21. The molecule has 146 valence electrons. The number of carbonyl (C=O) groups excluding carboxylic acids is 1. The Hall–Kier alpha value is -2.86. The number of nitrogens with one attached hydrogen (secondary N) is 1. The largest absolute Gasteiger partial charge is 0.489 e. The van der Waals surface area contributed by atoms with Crippen LogP contribution in [-0.4, -0.2) is 16.0 Å². The van der Waals surface area contributed by atoms with E-state index in [4.69, 9.17) is 20.9 Å². The fourth-order valence-corrected chi connectivity index (χ4v) is 2.75. The van der Waals surface area contributed by atoms with Gasteiger partial charge in [0.2, 0.25) is 5.89 Å². The van der Waals surface area contributed by atoms with Gasteiger partial charge in [-0.25, -0.2) is 0 Å². The number of benzene rings is 2. The van der Waals surface area contributed by atoms with Crippen LogP contribution in [0.2, 0.25) is 5.02 Å². The predicted octanol–water partition coefficient (Wildman–Crippen LogP) is 4.74. The molecule has 1 aromatic heterocycles. The molecule has 1 unspecified atom stereocenters. The summed E-state index contributed by atoms with van der Waals surface area (Å²) in [6.07, 6.45) is 0. The minimum Gasteiger partial charge on any atom is -0.489 e. The number of aryl methyl sites for hydroxylation is 1. The number of rotatable bonds is 7. The zero-order valence-electron chi connectivity index (χ0n) is 16.0. The first-order valence-corrected chi connectivity index (χ1v) is 9.38. The third-order valence-corrected chi connectivity index (χ3v) is 4.45. The van der Waals surface area contributed by atoms with Gasteiger partial charge in [0.05, 0.1) is 0 Å². The summed E-state index contributed by atoms with van der Waals surface area (Å²) >= 11 is 5.88. The highest BCUT2D eigenvalue weighted by molar-refractivity contribution is 6.30. The summed E-state index contributed by atoms with van der Waals surface area (Å²) < 4.78 is 11.0. The number of aromatic nitrogens is 2. The van der Waals surface area contributed by atoms with Crippen molar-refractivity contribution < 1.29 is 14.1 Å². The lowest BCUT2D eigenvalue weighted by Crippen LogP contribution is -2.32. The highest BCUT2D eigenvalue weighted by Gasteiger charge is 2.24. The molecule has 0 saturated heterocycles. The second-order valence-corrected chi connectivity index (χ2v) is 7.25. The Morgan fingerprint density at radius 2 is 1.82 bits per heavy atom. The Morgan fingerprint density at radius 3 is 2.39 bits per heavy atom. The lowest BCUT2D eigenvalue weighted by molar-refractivity contribution is 0.0914. The van der Waals surface area contributed by atoms with Gasteiger partial charge in [-0.15, -0.1) is 0 Å². The molecule has 0 radical (unpaired) electrons. The smallest absolute Gasteiger partial charge is 0.251 e. The number of ether oxygens (including phenoxy) is 1. The van der Waals surface area contributed by atoms with E-state index in [1.807, 2.05) is 38.1 Å². The summed E-state index contributed by atoms with van der Waals surface area (Å²) in [6, 6.07) is 14.1. The van der Waals surface area contributed by atoms with Crippen molar-refractivity contribution in [1.82, 2.24) is 15.5 Å². The Morgan fingerprint density at radius 1 is 1.14 bits per heavy atom. The summed E-state index contributed by atoms with van der Waals surface area (Å²) in [6.45, 7) is 6.14. The maximum Gasteiger partial charge on any atom is 0.251 e. The lowest BCUT2D eigenvalue weighted by Gasteiger charge is -2.18. The standard InChI is InChI=1S/C21H22ClN3O3/c1-13(2)19(21-23-14(3)25-28-21)24-20(26)16-6-10-18(11-7-16)27-12-15-4-8-17(22)9-5-15/h4-11,13,19H,12H2,1-3H3,(H,24,26). The van der Waals surface area contributed by atoms with Gasteiger partial charge in [-0.3, -0.25) is 4.79 Å². The number of carbonyl (C=O) groups is 1. The van der Waals surface area contributed by atoms with E-state index in [0.29, 0.717) is 34.7 Å². The molecule has 1 heterocycles. The summed E-state index contributed by atoms with van der Waals surface area (Å²) in [5.74, 6) is 1.52. The monoisotopic (exact) mass is 399 g/mol. The van der Waals surface area contributed by atoms with Gasteiger partial charge in [-0.05, 0) is 54.8 Å². The van der Waals surface area contributed by atoms with Crippen molar-refractivity contribution in [3.05, 3.63) is 76.4 Å². The molecule has 0 fully saturated rings. The molecule has 7 heteroatoms. The van der Waals surface area contributed by atoms with Gasteiger partial charge in [-0.2, -0.15) is 4.98 Å². The Kier molecular flexibility index (Phi) is 6.31. The Labute approximate surface area is 168 Å². The number of hydrogen-bond donors (Lipinski definition) is 1. The zero-order chi connectivity index (χ0) is 20.1. The maximum atomic E-state index is 12.6. The van der Waals surface area contributed by atoms with Crippen LogP contribution < -0.4 is 10.1 Å². The van der Waals surface area contributed by atoms with E-state index >= 15 is 0 Å². The molecule has 0 saturated carbocycles. The third-order valence-electron chi connectivity index (χ3n) is 4.20. The van der Waals surface area contributed by atoms with Crippen LogP contribution >= 0.6 is 11.6 Å². The van der Waals surface area contributed by atoms with E-state index in [9.17, 15) is 4.79 Å². The van der Waals surface area contributed by atoms with Crippen molar-refractivity contribution in [1.29, 1.82) is 0 Å². The molecule has 3 rings (SSSR count). The van der Waals surface area contributed by atoms with Gasteiger partial charge in [0, 0.05) is 10.6 Å². The number of amides is 1. The SMILES string of the molecule is Cc1noc(C(NC(=O)c2ccc(OCc3ccc(Cl)cc3)cc2)C(C)C)n1. The fraction of sp³-hybridized carbons (Fsp3) is 0.286. The molecule has 0 aliphatic heterocycles. The van der Waals surface area contributed by atoms with Crippen molar-refractivity contribution in [2.75, 3.05) is 0 Å². The molecule has 1 atom stereocenters. The molecule has 0 bridgehead atoms. The number of halogens is 1. The van der Waals surface area contributed by atoms with Crippen LogP contribution in [0.5, 0.6) is 5.75 Å². The van der Waals surface area contributed by atoms with Crippen molar-refractivity contribution in [3.8, 4) is 5.75 Å². The van der Waals surface area contributed by atoms with Crippen LogP contribution in [0.4, 0.5) is 0 Å². The summed E-state index contributed by atoms with van der Waals surface area (Å²) in [4.78, 5) is 16.8. The van der Waals surface area contributed by atoms with Crippen LogP contribution in [-0.2, 0) is 6.61 Å².